The van der Waals surface area contributed by atoms with Crippen LogP contribution >= 0.6 is 46.9 Å². The predicted octanol–water partition coefficient (Wildman–Crippen LogP) is 3.32. The van der Waals surface area contributed by atoms with Crippen LogP contribution in [0, 0.1) is 0 Å². The van der Waals surface area contributed by atoms with Gasteiger partial charge in [0.2, 0.25) is 0 Å². The van der Waals surface area contributed by atoms with E-state index in [1.54, 1.807) is 6.07 Å². The highest BCUT2D eigenvalue weighted by molar-refractivity contribution is 7.93. The van der Waals surface area contributed by atoms with Gasteiger partial charge in [-0.2, -0.15) is 0 Å². The first kappa shape index (κ1) is 17.8. The van der Waals surface area contributed by atoms with Gasteiger partial charge in [0.15, 0.2) is 5.13 Å². The molecule has 2 heterocycles. The Hall–Kier alpha value is -0.570. The number of sulfonamides is 1. The van der Waals surface area contributed by atoms with E-state index in [0.717, 1.165) is 23.5 Å². The van der Waals surface area contributed by atoms with E-state index in [4.69, 9.17) is 23.2 Å². The molecule has 0 spiro atoms. The summed E-state index contributed by atoms with van der Waals surface area (Å²) in [6.45, 7) is 1.57. The van der Waals surface area contributed by atoms with E-state index in [-0.39, 0.29) is 27.3 Å². The van der Waals surface area contributed by atoms with Crippen LogP contribution in [-0.2, 0) is 23.0 Å². The van der Waals surface area contributed by atoms with Crippen LogP contribution in [-0.4, -0.2) is 19.9 Å². The largest absolute Gasteiger partial charge is 0.311 e. The molecule has 1 aliphatic heterocycles. The number of nitrogens with zero attached hydrogens (tertiary/aromatic N) is 1. The van der Waals surface area contributed by atoms with Gasteiger partial charge in [-0.25, -0.2) is 13.4 Å². The molecule has 0 saturated heterocycles. The van der Waals surface area contributed by atoms with Gasteiger partial charge in [0.25, 0.3) is 10.0 Å². The molecule has 0 bridgehead atoms. The molecule has 2 aromatic rings. The molecule has 0 saturated carbocycles. The molecule has 2 N–H and O–H groups in total. The summed E-state index contributed by atoms with van der Waals surface area (Å²) in [5.74, 6) is 0. The lowest BCUT2D eigenvalue weighted by Gasteiger charge is -2.09. The highest BCUT2D eigenvalue weighted by Gasteiger charge is 2.22. The quantitative estimate of drug-likeness (QED) is 0.829. The summed E-state index contributed by atoms with van der Waals surface area (Å²) in [7, 11) is -3.80. The minimum atomic E-state index is -3.80. The number of halogens is 3. The number of aromatic nitrogens is 1. The zero-order valence-electron chi connectivity index (χ0n) is 11.1. The van der Waals surface area contributed by atoms with Crippen molar-refractivity contribution in [2.45, 2.75) is 17.9 Å². The fourth-order valence-corrected chi connectivity index (χ4v) is 5.01. The fourth-order valence-electron chi connectivity index (χ4n) is 2.03. The van der Waals surface area contributed by atoms with Gasteiger partial charge in [0, 0.05) is 24.4 Å². The summed E-state index contributed by atoms with van der Waals surface area (Å²) in [4.78, 5) is 5.32. The van der Waals surface area contributed by atoms with Crippen molar-refractivity contribution in [3.63, 3.8) is 0 Å². The molecule has 0 radical (unpaired) electrons. The topological polar surface area (TPSA) is 71.1 Å². The van der Waals surface area contributed by atoms with Crippen LogP contribution < -0.4 is 10.0 Å². The van der Waals surface area contributed by atoms with E-state index < -0.39 is 10.0 Å². The van der Waals surface area contributed by atoms with Crippen molar-refractivity contribution in [3.05, 3.63) is 38.8 Å². The number of thiazole rings is 1. The second-order valence-electron chi connectivity index (χ2n) is 4.47. The van der Waals surface area contributed by atoms with Crippen molar-refractivity contribution in [2.75, 3.05) is 11.3 Å². The minimum absolute atomic E-state index is 0. The normalized spacial score (nSPS) is 14.1. The number of anilines is 1. The van der Waals surface area contributed by atoms with Crippen LogP contribution in [0.1, 0.15) is 10.6 Å². The zero-order valence-corrected chi connectivity index (χ0v) is 15.1. The molecular weight excluding hydrogens is 389 g/mol. The van der Waals surface area contributed by atoms with Crippen LogP contribution in [0.4, 0.5) is 5.13 Å². The summed E-state index contributed by atoms with van der Waals surface area (Å²) in [6.07, 6.45) is 0.797. The summed E-state index contributed by atoms with van der Waals surface area (Å²) < 4.78 is 27.2. The maximum absolute atomic E-state index is 12.4. The van der Waals surface area contributed by atoms with Gasteiger partial charge < -0.3 is 5.32 Å². The summed E-state index contributed by atoms with van der Waals surface area (Å²) in [5, 5.41) is 3.77. The number of nitrogens with one attached hydrogen (secondary N) is 2. The first-order valence-corrected chi connectivity index (χ1v) is 9.19. The number of hydrogen-bond acceptors (Lipinski definition) is 5. The molecule has 10 heteroatoms. The Morgan fingerprint density at radius 3 is 2.82 bits per heavy atom. The molecule has 0 unspecified atom stereocenters. The Labute approximate surface area is 148 Å². The fraction of sp³-hybridized carbons (Fsp3) is 0.250. The van der Waals surface area contributed by atoms with Crippen molar-refractivity contribution >= 4 is 62.1 Å². The van der Waals surface area contributed by atoms with Gasteiger partial charge >= 0.3 is 0 Å². The monoisotopic (exact) mass is 399 g/mol. The molecule has 0 atom stereocenters. The van der Waals surface area contributed by atoms with E-state index in [0.29, 0.717) is 11.7 Å². The van der Waals surface area contributed by atoms with E-state index in [9.17, 15) is 8.42 Å². The first-order valence-electron chi connectivity index (χ1n) is 6.13. The van der Waals surface area contributed by atoms with Gasteiger partial charge in [-0.1, -0.05) is 40.6 Å². The van der Waals surface area contributed by atoms with Gasteiger partial charge in [-0.3, -0.25) is 4.72 Å². The molecule has 3 rings (SSSR count). The third-order valence-electron chi connectivity index (χ3n) is 3.03. The first-order chi connectivity index (χ1) is 9.97. The van der Waals surface area contributed by atoms with E-state index in [2.05, 4.69) is 15.0 Å². The zero-order chi connectivity index (χ0) is 15.0. The second kappa shape index (κ2) is 6.90. The van der Waals surface area contributed by atoms with Crippen molar-refractivity contribution in [1.82, 2.24) is 10.3 Å². The van der Waals surface area contributed by atoms with Crippen molar-refractivity contribution in [2.24, 2.45) is 0 Å². The molecule has 1 aromatic heterocycles. The third-order valence-corrected chi connectivity index (χ3v) is 6.48. The average Bonchev–Trinajstić information content (AvgIpc) is 2.82. The molecule has 1 aliphatic rings. The Morgan fingerprint density at radius 1 is 1.32 bits per heavy atom. The van der Waals surface area contributed by atoms with Crippen molar-refractivity contribution in [1.29, 1.82) is 0 Å². The van der Waals surface area contributed by atoms with E-state index in [1.807, 2.05) is 0 Å². The average molecular weight is 401 g/mol. The van der Waals surface area contributed by atoms with Gasteiger partial charge in [-0.05, 0) is 12.1 Å². The third kappa shape index (κ3) is 3.50. The molecule has 0 fully saturated rings. The SMILES string of the molecule is Cl.O=S(=O)(Nc1nc2c(s1)CNCC2)c1cccc(Cl)c1Cl. The summed E-state index contributed by atoms with van der Waals surface area (Å²) in [5.41, 5.74) is 0.939. The van der Waals surface area contributed by atoms with Crippen LogP contribution in [0.25, 0.3) is 0 Å². The van der Waals surface area contributed by atoms with Crippen LogP contribution in [0.3, 0.4) is 0 Å². The lowest BCUT2D eigenvalue weighted by molar-refractivity contribution is 0.601. The Bertz CT molecular complexity index is 769. The maximum atomic E-state index is 12.4. The standard InChI is InChI=1S/C12H11Cl2N3O2S2.ClH/c13-7-2-1-3-10(11(7)14)21(18,19)17-12-16-8-4-5-15-6-9(8)20-12;/h1-3,15H,4-6H2,(H,16,17);1H. The lowest BCUT2D eigenvalue weighted by atomic mass is 10.2. The van der Waals surface area contributed by atoms with E-state index >= 15 is 0 Å². The summed E-state index contributed by atoms with van der Waals surface area (Å²) in [6, 6.07) is 4.49. The smallest absolute Gasteiger partial charge is 0.265 e. The van der Waals surface area contributed by atoms with Gasteiger partial charge in [-0.15, -0.1) is 12.4 Å². The Morgan fingerprint density at radius 2 is 2.09 bits per heavy atom. The highest BCUT2D eigenvalue weighted by atomic mass is 35.5. The highest BCUT2D eigenvalue weighted by Crippen LogP contribution is 2.32. The van der Waals surface area contributed by atoms with Gasteiger partial charge in [0.05, 0.1) is 15.7 Å². The van der Waals surface area contributed by atoms with Crippen molar-refractivity contribution < 1.29 is 8.42 Å². The summed E-state index contributed by atoms with van der Waals surface area (Å²) >= 11 is 13.2. The molecule has 0 amide bonds. The van der Waals surface area contributed by atoms with Crippen LogP contribution in [0.2, 0.25) is 10.0 Å². The Kier molecular flexibility index (Phi) is 5.58. The molecule has 5 nitrogen and oxygen atoms in total. The second-order valence-corrected chi connectivity index (χ2v) is 7.99. The maximum Gasteiger partial charge on any atom is 0.265 e. The molecule has 1 aromatic carbocycles. The number of benzene rings is 1. The lowest BCUT2D eigenvalue weighted by Crippen LogP contribution is -2.22. The molecule has 120 valence electrons. The molecular formula is C12H12Cl3N3O2S2. The molecule has 0 aliphatic carbocycles. The van der Waals surface area contributed by atoms with E-state index in [1.165, 1.54) is 23.5 Å². The number of rotatable bonds is 3. The van der Waals surface area contributed by atoms with Crippen LogP contribution in [0.15, 0.2) is 23.1 Å². The number of fused-ring (bicyclic) bond motifs is 1. The van der Waals surface area contributed by atoms with Crippen LogP contribution in [0.5, 0.6) is 0 Å². The molecule has 22 heavy (non-hydrogen) atoms. The Balaban J connectivity index is 0.00000176. The minimum Gasteiger partial charge on any atom is -0.311 e. The number of hydrogen-bond donors (Lipinski definition) is 2. The predicted molar refractivity (Wildman–Crippen MR) is 92.0 cm³/mol. The van der Waals surface area contributed by atoms with Crippen molar-refractivity contribution in [3.8, 4) is 0 Å². The van der Waals surface area contributed by atoms with Gasteiger partial charge in [0.1, 0.15) is 4.90 Å².